The molecule has 0 radical (unpaired) electrons. The van der Waals surface area contributed by atoms with E-state index in [1.54, 1.807) is 0 Å². The minimum absolute atomic E-state index is 0.0246. The lowest BCUT2D eigenvalue weighted by Crippen LogP contribution is -2.32. The molecule has 0 aliphatic heterocycles. The second kappa shape index (κ2) is 7.73. The molecule has 2 rings (SSSR count). The van der Waals surface area contributed by atoms with Crippen molar-refractivity contribution in [2.75, 3.05) is 0 Å². The summed E-state index contributed by atoms with van der Waals surface area (Å²) in [5.74, 6) is 1.10. The third-order valence-corrected chi connectivity index (χ3v) is 3.55. The van der Waals surface area contributed by atoms with Gasteiger partial charge in [0, 0.05) is 24.4 Å². The van der Waals surface area contributed by atoms with E-state index in [4.69, 9.17) is 4.52 Å². The molecule has 0 aliphatic carbocycles. The summed E-state index contributed by atoms with van der Waals surface area (Å²) in [4.78, 5) is 16.2. The van der Waals surface area contributed by atoms with Crippen LogP contribution in [0.25, 0.3) is 11.4 Å². The number of carbonyl (C=O) groups is 1. The van der Waals surface area contributed by atoms with Gasteiger partial charge in [-0.1, -0.05) is 42.8 Å². The second-order valence-corrected chi connectivity index (χ2v) is 5.58. The molecule has 22 heavy (non-hydrogen) atoms. The summed E-state index contributed by atoms with van der Waals surface area (Å²) in [5, 5.41) is 6.97. The third kappa shape index (κ3) is 4.41. The zero-order valence-electron chi connectivity index (χ0n) is 13.4. The monoisotopic (exact) mass is 301 g/mol. The van der Waals surface area contributed by atoms with Crippen molar-refractivity contribution in [3.05, 3.63) is 35.7 Å². The van der Waals surface area contributed by atoms with Crippen LogP contribution in [0.3, 0.4) is 0 Å². The Morgan fingerprint density at radius 2 is 2.14 bits per heavy atom. The molecule has 0 spiro atoms. The Hall–Kier alpha value is -2.17. The average Bonchev–Trinajstić information content (AvgIpc) is 2.94. The van der Waals surface area contributed by atoms with Crippen LogP contribution < -0.4 is 5.32 Å². The van der Waals surface area contributed by atoms with Gasteiger partial charge in [-0.3, -0.25) is 4.79 Å². The highest BCUT2D eigenvalue weighted by Crippen LogP contribution is 2.20. The molecular formula is C17H23N3O2. The number of hydrogen-bond donors (Lipinski definition) is 1. The lowest BCUT2D eigenvalue weighted by Gasteiger charge is -2.11. The van der Waals surface area contributed by atoms with E-state index >= 15 is 0 Å². The van der Waals surface area contributed by atoms with E-state index in [9.17, 15) is 4.79 Å². The van der Waals surface area contributed by atoms with Crippen molar-refractivity contribution >= 4 is 5.91 Å². The van der Waals surface area contributed by atoms with Crippen LogP contribution >= 0.6 is 0 Å². The SMILES string of the molecule is CCC[C@H](C)NC(=O)CCc1nc(-c2ccccc2C)no1. The number of aryl methyl sites for hydroxylation is 2. The maximum Gasteiger partial charge on any atom is 0.227 e. The van der Waals surface area contributed by atoms with Gasteiger partial charge in [0.1, 0.15) is 0 Å². The van der Waals surface area contributed by atoms with E-state index in [1.807, 2.05) is 38.1 Å². The van der Waals surface area contributed by atoms with Gasteiger partial charge in [0.2, 0.25) is 17.6 Å². The molecule has 0 unspecified atom stereocenters. The van der Waals surface area contributed by atoms with Gasteiger partial charge in [0.25, 0.3) is 0 Å². The van der Waals surface area contributed by atoms with Crippen LogP contribution in [0.15, 0.2) is 28.8 Å². The van der Waals surface area contributed by atoms with E-state index in [2.05, 4.69) is 22.4 Å². The topological polar surface area (TPSA) is 68.0 Å². The molecule has 1 aromatic heterocycles. The quantitative estimate of drug-likeness (QED) is 0.852. The maximum atomic E-state index is 11.8. The first kappa shape index (κ1) is 16.2. The molecule has 1 heterocycles. The molecule has 0 saturated heterocycles. The van der Waals surface area contributed by atoms with Gasteiger partial charge in [-0.25, -0.2) is 0 Å². The van der Waals surface area contributed by atoms with Crippen LogP contribution in [0.2, 0.25) is 0 Å². The highest BCUT2D eigenvalue weighted by molar-refractivity contribution is 5.76. The number of hydrogen-bond acceptors (Lipinski definition) is 4. The Morgan fingerprint density at radius 1 is 1.36 bits per heavy atom. The number of amides is 1. The first-order valence-electron chi connectivity index (χ1n) is 7.78. The molecule has 1 amide bonds. The van der Waals surface area contributed by atoms with Gasteiger partial charge in [0.15, 0.2) is 0 Å². The minimum atomic E-state index is 0.0246. The van der Waals surface area contributed by atoms with Crippen LogP contribution in [0, 0.1) is 6.92 Å². The van der Waals surface area contributed by atoms with Crippen molar-refractivity contribution < 1.29 is 9.32 Å². The molecule has 0 saturated carbocycles. The maximum absolute atomic E-state index is 11.8. The number of benzene rings is 1. The normalized spacial score (nSPS) is 12.1. The molecule has 0 aliphatic rings. The Morgan fingerprint density at radius 3 is 2.86 bits per heavy atom. The molecule has 2 aromatic rings. The number of rotatable bonds is 7. The summed E-state index contributed by atoms with van der Waals surface area (Å²) in [6.07, 6.45) is 2.88. The molecule has 5 heteroatoms. The summed E-state index contributed by atoms with van der Waals surface area (Å²) in [7, 11) is 0. The molecule has 0 fully saturated rings. The van der Waals surface area contributed by atoms with Gasteiger partial charge in [0.05, 0.1) is 0 Å². The van der Waals surface area contributed by atoms with Crippen LogP contribution in [0.4, 0.5) is 0 Å². The van der Waals surface area contributed by atoms with Gasteiger partial charge >= 0.3 is 0 Å². The summed E-state index contributed by atoms with van der Waals surface area (Å²) in [5.41, 5.74) is 2.06. The highest BCUT2D eigenvalue weighted by Gasteiger charge is 2.12. The van der Waals surface area contributed by atoms with Gasteiger partial charge in [-0.2, -0.15) is 4.98 Å². The largest absolute Gasteiger partial charge is 0.354 e. The van der Waals surface area contributed by atoms with Crippen LogP contribution in [0.5, 0.6) is 0 Å². The fourth-order valence-corrected chi connectivity index (χ4v) is 2.36. The molecule has 5 nitrogen and oxygen atoms in total. The highest BCUT2D eigenvalue weighted by atomic mass is 16.5. The van der Waals surface area contributed by atoms with Gasteiger partial charge in [-0.15, -0.1) is 0 Å². The standard InChI is InChI=1S/C17H23N3O2/c1-4-7-13(3)18-15(21)10-11-16-19-17(20-22-16)14-9-6-5-8-12(14)2/h5-6,8-9,13H,4,7,10-11H2,1-3H3,(H,18,21)/t13-/m0/s1. The van der Waals surface area contributed by atoms with E-state index in [1.165, 1.54) is 0 Å². The Bertz CT molecular complexity index is 622. The fourth-order valence-electron chi connectivity index (χ4n) is 2.36. The van der Waals surface area contributed by atoms with Crippen molar-refractivity contribution in [3.8, 4) is 11.4 Å². The van der Waals surface area contributed by atoms with Crippen molar-refractivity contribution in [2.24, 2.45) is 0 Å². The Balaban J connectivity index is 1.90. The number of nitrogens with zero attached hydrogens (tertiary/aromatic N) is 2. The van der Waals surface area contributed by atoms with E-state index in [-0.39, 0.29) is 11.9 Å². The minimum Gasteiger partial charge on any atom is -0.354 e. The predicted octanol–water partition coefficient (Wildman–Crippen LogP) is 3.28. The lowest BCUT2D eigenvalue weighted by atomic mass is 10.1. The summed E-state index contributed by atoms with van der Waals surface area (Å²) in [6.45, 7) is 6.13. The van der Waals surface area contributed by atoms with Crippen LogP contribution in [-0.2, 0) is 11.2 Å². The molecule has 1 aromatic carbocycles. The molecule has 118 valence electrons. The number of aromatic nitrogens is 2. The number of carbonyl (C=O) groups excluding carboxylic acids is 1. The second-order valence-electron chi connectivity index (χ2n) is 5.58. The zero-order valence-corrected chi connectivity index (χ0v) is 13.4. The van der Waals surface area contributed by atoms with Crippen molar-refractivity contribution in [1.82, 2.24) is 15.5 Å². The zero-order chi connectivity index (χ0) is 15.9. The summed E-state index contributed by atoms with van der Waals surface area (Å²) in [6, 6.07) is 8.10. The van der Waals surface area contributed by atoms with Crippen LogP contribution in [-0.4, -0.2) is 22.1 Å². The van der Waals surface area contributed by atoms with Gasteiger partial charge < -0.3 is 9.84 Å². The Labute approximate surface area is 131 Å². The molecule has 1 N–H and O–H groups in total. The van der Waals surface area contributed by atoms with Crippen molar-refractivity contribution in [1.29, 1.82) is 0 Å². The first-order valence-corrected chi connectivity index (χ1v) is 7.78. The fraction of sp³-hybridized carbons (Fsp3) is 0.471. The van der Waals surface area contributed by atoms with E-state index in [0.717, 1.165) is 24.0 Å². The molecule has 0 bridgehead atoms. The summed E-state index contributed by atoms with van der Waals surface area (Å²) < 4.78 is 5.24. The molecule has 1 atom stereocenters. The van der Waals surface area contributed by atoms with Crippen molar-refractivity contribution in [2.45, 2.75) is 52.5 Å². The van der Waals surface area contributed by atoms with Crippen LogP contribution in [0.1, 0.15) is 44.6 Å². The van der Waals surface area contributed by atoms with E-state index in [0.29, 0.717) is 24.6 Å². The van der Waals surface area contributed by atoms with Crippen molar-refractivity contribution in [3.63, 3.8) is 0 Å². The van der Waals surface area contributed by atoms with Gasteiger partial charge in [-0.05, 0) is 25.8 Å². The summed E-state index contributed by atoms with van der Waals surface area (Å²) >= 11 is 0. The molecular weight excluding hydrogens is 278 g/mol. The lowest BCUT2D eigenvalue weighted by molar-refractivity contribution is -0.121. The first-order chi connectivity index (χ1) is 10.6. The van der Waals surface area contributed by atoms with E-state index < -0.39 is 0 Å². The smallest absolute Gasteiger partial charge is 0.227 e. The number of nitrogens with one attached hydrogen (secondary N) is 1. The predicted molar refractivity (Wildman–Crippen MR) is 85.3 cm³/mol. The Kier molecular flexibility index (Phi) is 5.69. The third-order valence-electron chi connectivity index (χ3n) is 3.55. The average molecular weight is 301 g/mol.